The van der Waals surface area contributed by atoms with Crippen LogP contribution < -0.4 is 10.9 Å². The second-order valence-corrected chi connectivity index (χ2v) is 6.12. The first-order chi connectivity index (χ1) is 11.6. The van der Waals surface area contributed by atoms with E-state index in [9.17, 15) is 9.59 Å². The Morgan fingerprint density at radius 3 is 2.92 bits per heavy atom. The van der Waals surface area contributed by atoms with Crippen molar-refractivity contribution in [3.63, 3.8) is 0 Å². The van der Waals surface area contributed by atoms with Gasteiger partial charge in [-0.15, -0.1) is 0 Å². The Morgan fingerprint density at radius 1 is 1.33 bits per heavy atom. The summed E-state index contributed by atoms with van der Waals surface area (Å²) in [5, 5.41) is 7.61. The Hall–Kier alpha value is -2.89. The van der Waals surface area contributed by atoms with E-state index in [1.54, 1.807) is 18.2 Å². The first-order valence-electron chi connectivity index (χ1n) is 8.08. The highest BCUT2D eigenvalue weighted by atomic mass is 16.5. The fourth-order valence-corrected chi connectivity index (χ4v) is 2.85. The Balaban J connectivity index is 1.61. The minimum atomic E-state index is -0.320. The molecule has 122 valence electrons. The summed E-state index contributed by atoms with van der Waals surface area (Å²) in [5.74, 6) is 0.867. The van der Waals surface area contributed by atoms with Crippen molar-refractivity contribution >= 4 is 22.5 Å². The first kappa shape index (κ1) is 14.7. The molecule has 1 amide bonds. The molecule has 2 N–H and O–H groups in total. The average Bonchev–Trinajstić information content (AvgIpc) is 3.30. The van der Waals surface area contributed by atoms with E-state index >= 15 is 0 Å². The third-order valence-electron chi connectivity index (χ3n) is 4.31. The topological polar surface area (TPSA) is 88.0 Å². The molecule has 4 rings (SSSR count). The summed E-state index contributed by atoms with van der Waals surface area (Å²) < 4.78 is 5.21. The zero-order chi connectivity index (χ0) is 16.7. The van der Waals surface area contributed by atoms with Crippen LogP contribution >= 0.6 is 0 Å². The lowest BCUT2D eigenvalue weighted by atomic mass is 10.1. The number of aryl methyl sites for hydroxylation is 1. The summed E-state index contributed by atoms with van der Waals surface area (Å²) in [6.07, 6.45) is 2.96. The number of H-pyrrole nitrogens is 1. The van der Waals surface area contributed by atoms with Crippen molar-refractivity contribution < 1.29 is 9.32 Å². The molecule has 0 radical (unpaired) electrons. The van der Waals surface area contributed by atoms with Crippen LogP contribution in [0.1, 0.15) is 47.5 Å². The number of anilines is 1. The van der Waals surface area contributed by atoms with Crippen LogP contribution in [-0.4, -0.2) is 16.0 Å². The van der Waals surface area contributed by atoms with Crippen molar-refractivity contribution in [2.45, 2.75) is 32.1 Å². The van der Waals surface area contributed by atoms with Gasteiger partial charge < -0.3 is 14.8 Å². The minimum absolute atomic E-state index is 0.145. The normalized spacial score (nSPS) is 14.0. The van der Waals surface area contributed by atoms with Crippen LogP contribution in [0.2, 0.25) is 0 Å². The largest absolute Gasteiger partial charge is 0.360 e. The van der Waals surface area contributed by atoms with Crippen LogP contribution in [-0.2, 0) is 6.42 Å². The number of rotatable bonds is 4. The van der Waals surface area contributed by atoms with Crippen LogP contribution in [0.4, 0.5) is 5.69 Å². The number of fused-ring (bicyclic) bond motifs is 1. The molecule has 2 aromatic heterocycles. The van der Waals surface area contributed by atoms with Crippen molar-refractivity contribution in [3.8, 4) is 0 Å². The standard InChI is InChI=1S/C18H17N3O3/c1-2-10-7-17(22)20-14-8-12(5-6-13(10)14)19-18(23)15-9-16(24-21-15)11-3-4-11/h5-9,11H,2-4H2,1H3,(H,19,23)(H,20,22). The monoisotopic (exact) mass is 323 g/mol. The molecular formula is C18H17N3O3. The number of hydrogen-bond acceptors (Lipinski definition) is 4. The number of carbonyl (C=O) groups excluding carboxylic acids is 1. The number of aromatic amines is 1. The van der Waals surface area contributed by atoms with Gasteiger partial charge in [0.25, 0.3) is 5.91 Å². The van der Waals surface area contributed by atoms with E-state index in [0.29, 0.717) is 17.1 Å². The SMILES string of the molecule is CCc1cc(=O)[nH]c2cc(NC(=O)c3cc(C4CC4)on3)ccc12. The predicted octanol–water partition coefficient (Wildman–Crippen LogP) is 3.21. The van der Waals surface area contributed by atoms with Crippen molar-refractivity contribution in [3.05, 3.63) is 57.7 Å². The Labute approximate surface area is 137 Å². The van der Waals surface area contributed by atoms with Crippen molar-refractivity contribution in [2.75, 3.05) is 5.32 Å². The lowest BCUT2D eigenvalue weighted by Crippen LogP contribution is -2.12. The molecule has 0 saturated heterocycles. The van der Waals surface area contributed by atoms with Gasteiger partial charge >= 0.3 is 0 Å². The Morgan fingerprint density at radius 2 is 2.17 bits per heavy atom. The highest BCUT2D eigenvalue weighted by Gasteiger charge is 2.28. The zero-order valence-corrected chi connectivity index (χ0v) is 13.3. The molecule has 1 aliphatic carbocycles. The molecule has 1 fully saturated rings. The number of benzene rings is 1. The van der Waals surface area contributed by atoms with Crippen LogP contribution in [0, 0.1) is 0 Å². The molecule has 1 saturated carbocycles. The highest BCUT2D eigenvalue weighted by molar-refractivity contribution is 6.03. The van der Waals surface area contributed by atoms with Crippen LogP contribution in [0.5, 0.6) is 0 Å². The van der Waals surface area contributed by atoms with E-state index in [2.05, 4.69) is 15.5 Å². The number of amides is 1. The van der Waals surface area contributed by atoms with Gasteiger partial charge in [-0.3, -0.25) is 9.59 Å². The summed E-state index contributed by atoms with van der Waals surface area (Å²) in [7, 11) is 0. The van der Waals surface area contributed by atoms with Gasteiger partial charge in [-0.05, 0) is 37.0 Å². The fraction of sp³-hybridized carbons (Fsp3) is 0.278. The van der Waals surface area contributed by atoms with Crippen molar-refractivity contribution in [1.29, 1.82) is 0 Å². The van der Waals surface area contributed by atoms with Gasteiger partial charge in [0.15, 0.2) is 5.69 Å². The number of nitrogens with one attached hydrogen (secondary N) is 2. The second kappa shape index (κ2) is 5.63. The summed E-state index contributed by atoms with van der Waals surface area (Å²) in [6, 6.07) is 8.79. The number of nitrogens with zero attached hydrogens (tertiary/aromatic N) is 1. The van der Waals surface area contributed by atoms with Crippen LogP contribution in [0.15, 0.2) is 39.6 Å². The summed E-state index contributed by atoms with van der Waals surface area (Å²) >= 11 is 0. The van der Waals surface area contributed by atoms with Gasteiger partial charge in [-0.2, -0.15) is 0 Å². The van der Waals surface area contributed by atoms with E-state index in [1.807, 2.05) is 19.1 Å². The fourth-order valence-electron chi connectivity index (χ4n) is 2.85. The van der Waals surface area contributed by atoms with Gasteiger partial charge in [-0.1, -0.05) is 18.1 Å². The number of aromatic nitrogens is 2. The van der Waals surface area contributed by atoms with E-state index in [-0.39, 0.29) is 17.2 Å². The molecule has 6 heteroatoms. The second-order valence-electron chi connectivity index (χ2n) is 6.12. The van der Waals surface area contributed by atoms with E-state index in [1.165, 1.54) is 0 Å². The van der Waals surface area contributed by atoms with E-state index in [4.69, 9.17) is 4.52 Å². The maximum atomic E-state index is 12.3. The Bertz CT molecular complexity index is 983. The molecule has 0 atom stereocenters. The quantitative estimate of drug-likeness (QED) is 0.771. The lowest BCUT2D eigenvalue weighted by Gasteiger charge is -2.07. The Kier molecular flexibility index (Phi) is 3.45. The molecule has 0 bridgehead atoms. The molecular weight excluding hydrogens is 306 g/mol. The van der Waals surface area contributed by atoms with Gasteiger partial charge in [0.1, 0.15) is 5.76 Å². The molecule has 0 aliphatic heterocycles. The maximum Gasteiger partial charge on any atom is 0.277 e. The molecule has 1 aliphatic rings. The molecule has 0 unspecified atom stereocenters. The first-order valence-corrected chi connectivity index (χ1v) is 8.08. The number of pyridine rings is 1. The summed E-state index contributed by atoms with van der Waals surface area (Å²) in [5.41, 5.74) is 2.42. The van der Waals surface area contributed by atoms with E-state index < -0.39 is 0 Å². The van der Waals surface area contributed by atoms with Gasteiger partial charge in [0.2, 0.25) is 5.56 Å². The van der Waals surface area contributed by atoms with Crippen molar-refractivity contribution in [2.24, 2.45) is 0 Å². The average molecular weight is 323 g/mol. The molecule has 0 spiro atoms. The number of hydrogen-bond donors (Lipinski definition) is 2. The van der Waals surface area contributed by atoms with Gasteiger partial charge in [0, 0.05) is 29.1 Å². The van der Waals surface area contributed by atoms with E-state index in [0.717, 1.165) is 36.0 Å². The molecule has 1 aromatic carbocycles. The smallest absolute Gasteiger partial charge is 0.277 e. The highest BCUT2D eigenvalue weighted by Crippen LogP contribution is 2.40. The summed E-state index contributed by atoms with van der Waals surface area (Å²) in [6.45, 7) is 2.01. The summed E-state index contributed by atoms with van der Waals surface area (Å²) in [4.78, 5) is 26.8. The van der Waals surface area contributed by atoms with Crippen molar-refractivity contribution in [1.82, 2.24) is 10.1 Å². The molecule has 3 aromatic rings. The zero-order valence-electron chi connectivity index (χ0n) is 13.3. The van der Waals surface area contributed by atoms with Crippen LogP contribution in [0.25, 0.3) is 10.9 Å². The maximum absolute atomic E-state index is 12.3. The predicted molar refractivity (Wildman–Crippen MR) is 90.4 cm³/mol. The lowest BCUT2D eigenvalue weighted by molar-refractivity contribution is 0.101. The number of carbonyl (C=O) groups is 1. The molecule has 2 heterocycles. The van der Waals surface area contributed by atoms with Crippen LogP contribution in [0.3, 0.4) is 0 Å². The van der Waals surface area contributed by atoms with Gasteiger partial charge in [0.05, 0.1) is 5.52 Å². The van der Waals surface area contributed by atoms with Gasteiger partial charge in [-0.25, -0.2) is 0 Å². The third-order valence-corrected chi connectivity index (χ3v) is 4.31. The third kappa shape index (κ3) is 2.71. The molecule has 24 heavy (non-hydrogen) atoms. The minimum Gasteiger partial charge on any atom is -0.360 e. The molecule has 6 nitrogen and oxygen atoms in total.